The molecule has 1 amide bonds. The molecule has 114 valence electrons. The highest BCUT2D eigenvalue weighted by Crippen LogP contribution is 2.40. The summed E-state index contributed by atoms with van der Waals surface area (Å²) in [5.74, 6) is 0.820. The minimum atomic E-state index is 0.118. The monoisotopic (exact) mass is 294 g/mol. The molecule has 1 saturated heterocycles. The van der Waals surface area contributed by atoms with Crippen LogP contribution in [0, 0.1) is 5.92 Å². The van der Waals surface area contributed by atoms with Crippen LogP contribution in [0.3, 0.4) is 0 Å². The highest BCUT2D eigenvalue weighted by atomic mass is 16.2. The number of nitrogens with zero attached hydrogens (tertiary/aromatic N) is 2. The van der Waals surface area contributed by atoms with Gasteiger partial charge in [-0.1, -0.05) is 37.1 Å². The van der Waals surface area contributed by atoms with E-state index in [2.05, 4.69) is 16.8 Å². The number of carbonyl (C=O) groups is 1. The molecule has 1 aromatic heterocycles. The van der Waals surface area contributed by atoms with Gasteiger partial charge in [-0.25, -0.2) is 4.98 Å². The van der Waals surface area contributed by atoms with Crippen LogP contribution in [0.15, 0.2) is 36.4 Å². The van der Waals surface area contributed by atoms with Crippen molar-refractivity contribution in [2.75, 3.05) is 0 Å². The summed E-state index contributed by atoms with van der Waals surface area (Å²) in [6.07, 6.45) is 6.18. The number of para-hydroxylation sites is 1. The summed E-state index contributed by atoms with van der Waals surface area (Å²) in [7, 11) is 0. The lowest BCUT2D eigenvalue weighted by molar-refractivity contribution is 0.0628. The van der Waals surface area contributed by atoms with Gasteiger partial charge in [0.15, 0.2) is 0 Å². The van der Waals surface area contributed by atoms with Crippen molar-refractivity contribution in [1.29, 1.82) is 0 Å². The van der Waals surface area contributed by atoms with Crippen LogP contribution < -0.4 is 0 Å². The second-order valence-corrected chi connectivity index (χ2v) is 6.80. The largest absolute Gasteiger partial charge is 0.331 e. The summed E-state index contributed by atoms with van der Waals surface area (Å²) in [4.78, 5) is 19.7. The number of fused-ring (bicyclic) bond motifs is 2. The van der Waals surface area contributed by atoms with Crippen LogP contribution in [0.1, 0.15) is 49.5 Å². The van der Waals surface area contributed by atoms with Crippen molar-refractivity contribution < 1.29 is 4.79 Å². The maximum Gasteiger partial charge on any atom is 0.272 e. The molecule has 2 fully saturated rings. The molecular weight excluding hydrogens is 272 g/mol. The summed E-state index contributed by atoms with van der Waals surface area (Å²) >= 11 is 0. The molecule has 1 aliphatic carbocycles. The minimum absolute atomic E-state index is 0.118. The number of pyridine rings is 1. The topological polar surface area (TPSA) is 33.2 Å². The molecule has 2 aliphatic rings. The van der Waals surface area contributed by atoms with Crippen molar-refractivity contribution in [3.63, 3.8) is 0 Å². The molecule has 2 heterocycles. The number of likely N-dealkylation sites (tertiary alicyclic amines) is 1. The van der Waals surface area contributed by atoms with Crippen molar-refractivity contribution in [3.8, 4) is 0 Å². The first-order valence-electron chi connectivity index (χ1n) is 8.42. The fraction of sp³-hybridized carbons (Fsp3) is 0.474. The number of carbonyl (C=O) groups excluding carboxylic acids is 1. The minimum Gasteiger partial charge on any atom is -0.331 e. The van der Waals surface area contributed by atoms with Gasteiger partial charge >= 0.3 is 0 Å². The maximum atomic E-state index is 13.0. The van der Waals surface area contributed by atoms with E-state index in [-0.39, 0.29) is 5.91 Å². The molecule has 0 N–H and O–H groups in total. The molecule has 1 aliphatic heterocycles. The van der Waals surface area contributed by atoms with E-state index in [0.29, 0.717) is 23.7 Å². The Morgan fingerprint density at radius 2 is 1.95 bits per heavy atom. The average molecular weight is 294 g/mol. The van der Waals surface area contributed by atoms with E-state index < -0.39 is 0 Å². The lowest BCUT2D eigenvalue weighted by atomic mass is 9.85. The molecule has 22 heavy (non-hydrogen) atoms. The first kappa shape index (κ1) is 13.7. The standard InChI is InChI=1S/C19H22N2O/c1-13-12-15-7-3-5-9-18(15)21(13)19(22)17-11-10-14-6-2-4-8-16(14)20-17/h2,4,6,8,10-11,13,15,18H,3,5,7,9,12H2,1H3. The number of amides is 1. The zero-order chi connectivity index (χ0) is 15.1. The SMILES string of the molecule is CC1CC2CCCCC2N1C(=O)c1ccc2ccccc2n1. The molecule has 3 atom stereocenters. The van der Waals surface area contributed by atoms with Gasteiger partial charge in [0, 0.05) is 17.5 Å². The van der Waals surface area contributed by atoms with E-state index in [4.69, 9.17) is 0 Å². The predicted octanol–water partition coefficient (Wildman–Crippen LogP) is 4.03. The third kappa shape index (κ3) is 2.20. The Kier molecular flexibility index (Phi) is 3.36. The third-order valence-corrected chi connectivity index (χ3v) is 5.40. The maximum absolute atomic E-state index is 13.0. The molecule has 0 spiro atoms. The Bertz CT molecular complexity index is 711. The lowest BCUT2D eigenvalue weighted by Gasteiger charge is -2.33. The quantitative estimate of drug-likeness (QED) is 0.795. The summed E-state index contributed by atoms with van der Waals surface area (Å²) in [5.41, 5.74) is 1.50. The lowest BCUT2D eigenvalue weighted by Crippen LogP contribution is -2.42. The molecular formula is C19H22N2O. The zero-order valence-corrected chi connectivity index (χ0v) is 13.0. The molecule has 1 aromatic carbocycles. The number of benzene rings is 1. The third-order valence-electron chi connectivity index (χ3n) is 5.40. The molecule has 3 heteroatoms. The molecule has 3 nitrogen and oxygen atoms in total. The summed E-state index contributed by atoms with van der Waals surface area (Å²) in [6, 6.07) is 12.6. The Morgan fingerprint density at radius 1 is 1.14 bits per heavy atom. The predicted molar refractivity (Wildman–Crippen MR) is 87.7 cm³/mol. The first-order valence-corrected chi connectivity index (χ1v) is 8.42. The highest BCUT2D eigenvalue weighted by molar-refractivity contribution is 5.95. The van der Waals surface area contributed by atoms with Crippen LogP contribution in [0.2, 0.25) is 0 Å². The van der Waals surface area contributed by atoms with E-state index in [1.165, 1.54) is 19.3 Å². The van der Waals surface area contributed by atoms with E-state index in [1.54, 1.807) is 0 Å². The van der Waals surface area contributed by atoms with E-state index in [1.807, 2.05) is 36.4 Å². The number of rotatable bonds is 1. The Labute approximate surface area is 131 Å². The average Bonchev–Trinajstić information content (AvgIpc) is 2.89. The van der Waals surface area contributed by atoms with Gasteiger partial charge in [-0.15, -0.1) is 0 Å². The number of aromatic nitrogens is 1. The molecule has 2 aromatic rings. The second-order valence-electron chi connectivity index (χ2n) is 6.80. The van der Waals surface area contributed by atoms with E-state index in [0.717, 1.165) is 23.7 Å². The van der Waals surface area contributed by atoms with Gasteiger partial charge in [-0.3, -0.25) is 4.79 Å². The van der Waals surface area contributed by atoms with Crippen molar-refractivity contribution in [2.45, 2.75) is 51.1 Å². The Balaban J connectivity index is 1.67. The van der Waals surface area contributed by atoms with Crippen LogP contribution in [0.25, 0.3) is 10.9 Å². The van der Waals surface area contributed by atoms with Crippen LogP contribution in [-0.4, -0.2) is 27.9 Å². The summed E-state index contributed by atoms with van der Waals surface area (Å²) in [6.45, 7) is 2.19. The molecule has 0 radical (unpaired) electrons. The summed E-state index contributed by atoms with van der Waals surface area (Å²) in [5, 5.41) is 1.09. The smallest absolute Gasteiger partial charge is 0.272 e. The fourth-order valence-electron chi connectivity index (χ4n) is 4.38. The molecule has 4 rings (SSSR count). The van der Waals surface area contributed by atoms with Crippen molar-refractivity contribution >= 4 is 16.8 Å². The Hall–Kier alpha value is -1.90. The highest BCUT2D eigenvalue weighted by Gasteiger charge is 2.42. The van der Waals surface area contributed by atoms with Gasteiger partial charge in [-0.05, 0) is 44.2 Å². The van der Waals surface area contributed by atoms with Crippen molar-refractivity contribution in [3.05, 3.63) is 42.1 Å². The Morgan fingerprint density at radius 3 is 2.86 bits per heavy atom. The van der Waals surface area contributed by atoms with Crippen molar-refractivity contribution in [2.24, 2.45) is 5.92 Å². The van der Waals surface area contributed by atoms with Gasteiger partial charge in [0.2, 0.25) is 0 Å². The van der Waals surface area contributed by atoms with Crippen LogP contribution in [-0.2, 0) is 0 Å². The van der Waals surface area contributed by atoms with Gasteiger partial charge in [-0.2, -0.15) is 0 Å². The zero-order valence-electron chi connectivity index (χ0n) is 13.0. The van der Waals surface area contributed by atoms with Crippen LogP contribution in [0.4, 0.5) is 0 Å². The van der Waals surface area contributed by atoms with E-state index >= 15 is 0 Å². The van der Waals surface area contributed by atoms with Gasteiger partial charge in [0.25, 0.3) is 5.91 Å². The normalized spacial score (nSPS) is 27.9. The molecule has 3 unspecified atom stereocenters. The van der Waals surface area contributed by atoms with Crippen LogP contribution >= 0.6 is 0 Å². The summed E-state index contributed by atoms with van der Waals surface area (Å²) < 4.78 is 0. The van der Waals surface area contributed by atoms with E-state index in [9.17, 15) is 4.79 Å². The molecule has 1 saturated carbocycles. The van der Waals surface area contributed by atoms with Gasteiger partial charge in [0.1, 0.15) is 5.69 Å². The number of hydrogen-bond donors (Lipinski definition) is 0. The second kappa shape index (κ2) is 5.38. The first-order chi connectivity index (χ1) is 10.7. The fourth-order valence-corrected chi connectivity index (χ4v) is 4.38. The van der Waals surface area contributed by atoms with Crippen molar-refractivity contribution in [1.82, 2.24) is 9.88 Å². The van der Waals surface area contributed by atoms with Gasteiger partial charge in [0.05, 0.1) is 5.52 Å². The molecule has 0 bridgehead atoms. The van der Waals surface area contributed by atoms with Crippen LogP contribution in [0.5, 0.6) is 0 Å². The van der Waals surface area contributed by atoms with Gasteiger partial charge < -0.3 is 4.90 Å². The number of hydrogen-bond acceptors (Lipinski definition) is 2.